The van der Waals surface area contributed by atoms with Crippen molar-refractivity contribution < 1.29 is 14.3 Å². The molecule has 0 spiro atoms. The molecule has 0 saturated heterocycles. The molecular weight excluding hydrogens is 418 g/mol. The van der Waals surface area contributed by atoms with Crippen LogP contribution in [0.15, 0.2) is 73.2 Å². The lowest BCUT2D eigenvalue weighted by Gasteiger charge is -2.13. The van der Waals surface area contributed by atoms with Gasteiger partial charge in [-0.15, -0.1) is 0 Å². The van der Waals surface area contributed by atoms with Gasteiger partial charge in [0.05, 0.1) is 24.5 Å². The summed E-state index contributed by atoms with van der Waals surface area (Å²) in [5.74, 6) is 0.745. The Balaban J connectivity index is 1.35. The van der Waals surface area contributed by atoms with Crippen molar-refractivity contribution in [2.24, 2.45) is 0 Å². The van der Waals surface area contributed by atoms with E-state index in [9.17, 15) is 4.79 Å². The molecule has 0 radical (unpaired) electrons. The molecule has 2 aromatic carbocycles. The maximum Gasteiger partial charge on any atom is 0.261 e. The van der Waals surface area contributed by atoms with Gasteiger partial charge in [-0.05, 0) is 36.8 Å². The summed E-state index contributed by atoms with van der Waals surface area (Å²) < 4.78 is 13.0. The molecule has 8 heteroatoms. The predicted octanol–water partition coefficient (Wildman–Crippen LogP) is 4.43. The lowest BCUT2D eigenvalue weighted by atomic mass is 10.2. The Morgan fingerprint density at radius 1 is 1.06 bits per heavy atom. The summed E-state index contributed by atoms with van der Waals surface area (Å²) in [5, 5.41) is 8.17. The number of amides is 1. The molecule has 5 aromatic rings. The van der Waals surface area contributed by atoms with E-state index in [1.165, 1.54) is 6.20 Å². The number of aromatic nitrogens is 4. The van der Waals surface area contributed by atoms with E-state index in [4.69, 9.17) is 9.47 Å². The monoisotopic (exact) mass is 439 g/mol. The van der Waals surface area contributed by atoms with Gasteiger partial charge in [0.25, 0.3) is 5.91 Å². The number of aryl methyl sites for hydroxylation is 1. The van der Waals surface area contributed by atoms with E-state index in [2.05, 4.69) is 20.4 Å². The van der Waals surface area contributed by atoms with Gasteiger partial charge in [-0.1, -0.05) is 24.3 Å². The van der Waals surface area contributed by atoms with Crippen LogP contribution in [0.25, 0.3) is 16.6 Å². The summed E-state index contributed by atoms with van der Waals surface area (Å²) >= 11 is 0. The highest BCUT2D eigenvalue weighted by molar-refractivity contribution is 6.08. The van der Waals surface area contributed by atoms with E-state index < -0.39 is 0 Å². The third-order valence-corrected chi connectivity index (χ3v) is 5.18. The lowest BCUT2D eigenvalue weighted by molar-refractivity contribution is 0.102. The van der Waals surface area contributed by atoms with Gasteiger partial charge < -0.3 is 14.8 Å². The van der Waals surface area contributed by atoms with Crippen LogP contribution in [-0.2, 0) is 6.61 Å². The number of hydrogen-bond donors (Lipinski definition) is 1. The van der Waals surface area contributed by atoms with E-state index in [0.29, 0.717) is 28.4 Å². The minimum atomic E-state index is -0.311. The van der Waals surface area contributed by atoms with Crippen molar-refractivity contribution in [3.63, 3.8) is 0 Å². The van der Waals surface area contributed by atoms with E-state index >= 15 is 0 Å². The highest BCUT2D eigenvalue weighted by Gasteiger charge is 2.15. The van der Waals surface area contributed by atoms with Crippen molar-refractivity contribution in [1.29, 1.82) is 0 Å². The molecule has 8 nitrogen and oxygen atoms in total. The van der Waals surface area contributed by atoms with Crippen molar-refractivity contribution in [3.05, 3.63) is 90.0 Å². The largest absolute Gasteiger partial charge is 0.493 e. The zero-order valence-corrected chi connectivity index (χ0v) is 18.1. The Morgan fingerprint density at radius 2 is 1.94 bits per heavy atom. The molecule has 164 valence electrons. The topological polar surface area (TPSA) is 90.6 Å². The summed E-state index contributed by atoms with van der Waals surface area (Å²) in [6, 6.07) is 17.1. The second-order valence-corrected chi connectivity index (χ2v) is 7.56. The number of para-hydroxylation sites is 1. The molecule has 5 rings (SSSR count). The fourth-order valence-electron chi connectivity index (χ4n) is 3.53. The minimum absolute atomic E-state index is 0.260. The number of anilines is 1. The molecule has 33 heavy (non-hydrogen) atoms. The fourth-order valence-corrected chi connectivity index (χ4v) is 3.53. The Labute approximate surface area is 189 Å². The van der Waals surface area contributed by atoms with Gasteiger partial charge in [0.2, 0.25) is 0 Å². The van der Waals surface area contributed by atoms with Crippen LogP contribution in [-0.4, -0.2) is 32.6 Å². The molecule has 3 heterocycles. The lowest BCUT2D eigenvalue weighted by Crippen LogP contribution is -2.12. The number of rotatable bonds is 6. The van der Waals surface area contributed by atoms with Crippen LogP contribution in [0.5, 0.6) is 11.5 Å². The highest BCUT2D eigenvalue weighted by atomic mass is 16.5. The van der Waals surface area contributed by atoms with Crippen molar-refractivity contribution in [2.75, 3.05) is 12.4 Å². The van der Waals surface area contributed by atoms with Gasteiger partial charge in [-0.2, -0.15) is 5.10 Å². The average Bonchev–Trinajstić information content (AvgIpc) is 3.26. The quantitative estimate of drug-likeness (QED) is 0.421. The molecule has 1 amide bonds. The average molecular weight is 439 g/mol. The summed E-state index contributed by atoms with van der Waals surface area (Å²) in [4.78, 5) is 21.8. The smallest absolute Gasteiger partial charge is 0.261 e. The standard InChI is InChI=1S/C25H21N5O3/c1-16-12-26-24-20(13-27-30(24)14-16)25(31)29-18-9-10-22(32-2)23(11-18)33-15-19-8-7-17-5-3-4-6-21(17)28-19/h3-14H,15H2,1-2H3,(H,29,31). The first-order chi connectivity index (χ1) is 16.1. The zero-order valence-electron chi connectivity index (χ0n) is 18.1. The van der Waals surface area contributed by atoms with Crippen LogP contribution >= 0.6 is 0 Å². The fraction of sp³-hybridized carbons (Fsp3) is 0.120. The van der Waals surface area contributed by atoms with Crippen molar-refractivity contribution in [3.8, 4) is 11.5 Å². The zero-order chi connectivity index (χ0) is 22.8. The molecule has 0 bridgehead atoms. The number of benzene rings is 2. The maximum absolute atomic E-state index is 12.9. The van der Waals surface area contributed by atoms with E-state index in [1.54, 1.807) is 36.0 Å². The minimum Gasteiger partial charge on any atom is -0.493 e. The van der Waals surface area contributed by atoms with Gasteiger partial charge in [-0.3, -0.25) is 4.79 Å². The van der Waals surface area contributed by atoms with Gasteiger partial charge >= 0.3 is 0 Å². The van der Waals surface area contributed by atoms with Crippen LogP contribution in [0.3, 0.4) is 0 Å². The second-order valence-electron chi connectivity index (χ2n) is 7.56. The van der Waals surface area contributed by atoms with Crippen LogP contribution in [0.2, 0.25) is 0 Å². The Kier molecular flexibility index (Phi) is 5.32. The molecular formula is C25H21N5O3. The predicted molar refractivity (Wildman–Crippen MR) is 125 cm³/mol. The third kappa shape index (κ3) is 4.18. The molecule has 0 unspecified atom stereocenters. The van der Waals surface area contributed by atoms with Crippen molar-refractivity contribution in [1.82, 2.24) is 19.6 Å². The normalized spacial score (nSPS) is 11.0. The Morgan fingerprint density at radius 3 is 2.82 bits per heavy atom. The molecule has 0 aliphatic rings. The Bertz CT molecular complexity index is 1480. The van der Waals surface area contributed by atoms with E-state index in [0.717, 1.165) is 22.2 Å². The first-order valence-electron chi connectivity index (χ1n) is 10.4. The summed E-state index contributed by atoms with van der Waals surface area (Å²) in [5.41, 5.74) is 4.09. The number of carbonyl (C=O) groups is 1. The first kappa shape index (κ1) is 20.4. The van der Waals surface area contributed by atoms with Crippen LogP contribution in [0, 0.1) is 6.92 Å². The number of nitrogens with zero attached hydrogens (tertiary/aromatic N) is 4. The molecule has 0 aliphatic carbocycles. The second kappa shape index (κ2) is 8.58. The highest BCUT2D eigenvalue weighted by Crippen LogP contribution is 2.31. The molecule has 0 saturated carbocycles. The van der Waals surface area contributed by atoms with Crippen LogP contribution < -0.4 is 14.8 Å². The molecule has 0 fully saturated rings. The van der Waals surface area contributed by atoms with Crippen molar-refractivity contribution in [2.45, 2.75) is 13.5 Å². The SMILES string of the molecule is COc1ccc(NC(=O)c2cnn3cc(C)cnc23)cc1OCc1ccc2ccccc2n1. The first-order valence-corrected chi connectivity index (χ1v) is 10.4. The van der Waals surface area contributed by atoms with Gasteiger partial charge in [-0.25, -0.2) is 14.5 Å². The van der Waals surface area contributed by atoms with Gasteiger partial charge in [0.15, 0.2) is 17.1 Å². The number of hydrogen-bond acceptors (Lipinski definition) is 6. The molecule has 0 atom stereocenters. The molecule has 3 aromatic heterocycles. The van der Waals surface area contributed by atoms with E-state index in [1.807, 2.05) is 49.5 Å². The molecule has 1 N–H and O–H groups in total. The Hall–Kier alpha value is -4.46. The number of ether oxygens (including phenoxy) is 2. The number of fused-ring (bicyclic) bond motifs is 2. The van der Waals surface area contributed by atoms with Gasteiger partial charge in [0.1, 0.15) is 12.2 Å². The number of pyridine rings is 1. The summed E-state index contributed by atoms with van der Waals surface area (Å²) in [6.45, 7) is 2.18. The summed E-state index contributed by atoms with van der Waals surface area (Å²) in [6.07, 6.45) is 5.02. The number of nitrogens with one attached hydrogen (secondary N) is 1. The number of methoxy groups -OCH3 is 1. The van der Waals surface area contributed by atoms with Crippen LogP contribution in [0.1, 0.15) is 21.6 Å². The third-order valence-electron chi connectivity index (χ3n) is 5.18. The number of carbonyl (C=O) groups excluding carboxylic acids is 1. The van der Waals surface area contributed by atoms with Gasteiger partial charge in [0, 0.05) is 29.5 Å². The van der Waals surface area contributed by atoms with E-state index in [-0.39, 0.29) is 12.5 Å². The van der Waals surface area contributed by atoms with Crippen LogP contribution in [0.4, 0.5) is 5.69 Å². The maximum atomic E-state index is 12.9. The van der Waals surface area contributed by atoms with Crippen molar-refractivity contribution >= 4 is 28.1 Å². The summed E-state index contributed by atoms with van der Waals surface area (Å²) in [7, 11) is 1.57. The molecule has 0 aliphatic heterocycles.